The van der Waals surface area contributed by atoms with Crippen LogP contribution in [-0.4, -0.2) is 39.8 Å². The molecule has 3 rings (SSSR count). The number of hydrogen-bond donors (Lipinski definition) is 1. The summed E-state index contributed by atoms with van der Waals surface area (Å²) in [7, 11) is 3.85. The van der Waals surface area contributed by atoms with Gasteiger partial charge in [0.15, 0.2) is 0 Å². The Hall–Kier alpha value is -2.44. The van der Waals surface area contributed by atoms with Gasteiger partial charge in [0, 0.05) is 38.2 Å². The van der Waals surface area contributed by atoms with Gasteiger partial charge in [-0.1, -0.05) is 0 Å². The molecule has 1 aliphatic rings. The molecule has 0 unspecified atom stereocenters. The first-order valence-electron chi connectivity index (χ1n) is 7.43. The molecule has 0 aromatic carbocycles. The molecule has 7 heteroatoms. The van der Waals surface area contributed by atoms with Crippen molar-refractivity contribution in [1.29, 1.82) is 0 Å². The Morgan fingerprint density at radius 1 is 1.50 bits per heavy atom. The molecular weight excluding hydrogens is 280 g/mol. The SMILES string of the molecule is CN(C)c1ncc2c(n1)CCC[C@H]2NC(=O)Cn1cccn1. The summed E-state index contributed by atoms with van der Waals surface area (Å²) in [4.78, 5) is 23.0. The van der Waals surface area contributed by atoms with Crippen molar-refractivity contribution >= 4 is 11.9 Å². The van der Waals surface area contributed by atoms with E-state index in [4.69, 9.17) is 0 Å². The number of aryl methyl sites for hydroxylation is 1. The normalized spacial score (nSPS) is 16.9. The Labute approximate surface area is 129 Å². The first-order valence-corrected chi connectivity index (χ1v) is 7.43. The van der Waals surface area contributed by atoms with Crippen molar-refractivity contribution in [2.75, 3.05) is 19.0 Å². The van der Waals surface area contributed by atoms with Crippen molar-refractivity contribution in [2.45, 2.75) is 31.8 Å². The van der Waals surface area contributed by atoms with E-state index in [-0.39, 0.29) is 18.5 Å². The molecule has 1 atom stereocenters. The molecule has 7 nitrogen and oxygen atoms in total. The number of rotatable bonds is 4. The van der Waals surface area contributed by atoms with Gasteiger partial charge in [0.25, 0.3) is 0 Å². The number of nitrogens with one attached hydrogen (secondary N) is 1. The third kappa shape index (κ3) is 3.08. The lowest BCUT2D eigenvalue weighted by Gasteiger charge is -2.26. The molecule has 116 valence electrons. The molecule has 2 aromatic rings. The summed E-state index contributed by atoms with van der Waals surface area (Å²) in [5, 5.41) is 7.12. The van der Waals surface area contributed by atoms with Crippen LogP contribution in [0.3, 0.4) is 0 Å². The Kier molecular flexibility index (Phi) is 4.04. The molecular formula is C15H20N6O. The largest absolute Gasteiger partial charge is 0.348 e. The fourth-order valence-electron chi connectivity index (χ4n) is 2.68. The summed E-state index contributed by atoms with van der Waals surface area (Å²) in [6, 6.07) is 1.79. The van der Waals surface area contributed by atoms with Gasteiger partial charge in [-0.25, -0.2) is 9.97 Å². The number of carbonyl (C=O) groups excluding carboxylic acids is 1. The fourth-order valence-corrected chi connectivity index (χ4v) is 2.68. The van der Waals surface area contributed by atoms with Crippen LogP contribution in [0.15, 0.2) is 24.7 Å². The second-order valence-electron chi connectivity index (χ2n) is 5.68. The van der Waals surface area contributed by atoms with Gasteiger partial charge in [-0.05, 0) is 25.3 Å². The fraction of sp³-hybridized carbons (Fsp3) is 0.467. The number of aromatic nitrogens is 4. The predicted molar refractivity (Wildman–Crippen MR) is 82.4 cm³/mol. The van der Waals surface area contributed by atoms with Crippen LogP contribution in [0.2, 0.25) is 0 Å². The Balaban J connectivity index is 1.72. The highest BCUT2D eigenvalue weighted by molar-refractivity contribution is 5.76. The van der Waals surface area contributed by atoms with Gasteiger partial charge < -0.3 is 10.2 Å². The Bertz CT molecular complexity index is 652. The molecule has 0 saturated heterocycles. The molecule has 0 bridgehead atoms. The monoisotopic (exact) mass is 300 g/mol. The van der Waals surface area contributed by atoms with Gasteiger partial charge >= 0.3 is 0 Å². The zero-order valence-corrected chi connectivity index (χ0v) is 12.9. The number of hydrogen-bond acceptors (Lipinski definition) is 5. The van der Waals surface area contributed by atoms with Gasteiger partial charge in [-0.2, -0.15) is 5.10 Å². The Morgan fingerprint density at radius 2 is 2.36 bits per heavy atom. The molecule has 0 aliphatic heterocycles. The van der Waals surface area contributed by atoms with Crippen LogP contribution in [0, 0.1) is 0 Å². The number of nitrogens with zero attached hydrogens (tertiary/aromatic N) is 5. The van der Waals surface area contributed by atoms with Crippen LogP contribution in [0.4, 0.5) is 5.95 Å². The number of carbonyl (C=O) groups is 1. The average molecular weight is 300 g/mol. The van der Waals surface area contributed by atoms with Gasteiger partial charge in [0.05, 0.1) is 11.7 Å². The lowest BCUT2D eigenvalue weighted by Crippen LogP contribution is -2.34. The van der Waals surface area contributed by atoms with E-state index in [0.29, 0.717) is 5.95 Å². The van der Waals surface area contributed by atoms with Crippen molar-refractivity contribution in [3.05, 3.63) is 35.9 Å². The Morgan fingerprint density at radius 3 is 3.09 bits per heavy atom. The van der Waals surface area contributed by atoms with Gasteiger partial charge in [-0.15, -0.1) is 0 Å². The van der Waals surface area contributed by atoms with Crippen LogP contribution in [0.25, 0.3) is 0 Å². The second kappa shape index (κ2) is 6.13. The number of fused-ring (bicyclic) bond motifs is 1. The van der Waals surface area contributed by atoms with Crippen LogP contribution < -0.4 is 10.2 Å². The minimum atomic E-state index is -0.0433. The molecule has 1 N–H and O–H groups in total. The van der Waals surface area contributed by atoms with E-state index < -0.39 is 0 Å². The van der Waals surface area contributed by atoms with Crippen molar-refractivity contribution in [3.63, 3.8) is 0 Å². The summed E-state index contributed by atoms with van der Waals surface area (Å²) in [5.41, 5.74) is 2.07. The lowest BCUT2D eigenvalue weighted by molar-refractivity contribution is -0.122. The summed E-state index contributed by atoms with van der Waals surface area (Å²) in [6.45, 7) is 0.232. The van der Waals surface area contributed by atoms with Crippen LogP contribution >= 0.6 is 0 Å². The first-order chi connectivity index (χ1) is 10.6. The van der Waals surface area contributed by atoms with E-state index in [1.165, 1.54) is 0 Å². The molecule has 0 saturated carbocycles. The number of amides is 1. The maximum absolute atomic E-state index is 12.1. The molecule has 22 heavy (non-hydrogen) atoms. The summed E-state index contributed by atoms with van der Waals surface area (Å²) in [5.74, 6) is 0.667. The van der Waals surface area contributed by atoms with E-state index >= 15 is 0 Å². The predicted octanol–water partition coefficient (Wildman–Crippen LogP) is 0.933. The van der Waals surface area contributed by atoms with E-state index in [0.717, 1.165) is 30.5 Å². The third-order valence-corrected chi connectivity index (χ3v) is 3.77. The van der Waals surface area contributed by atoms with Crippen molar-refractivity contribution in [3.8, 4) is 0 Å². The molecule has 0 fully saturated rings. The smallest absolute Gasteiger partial charge is 0.242 e. The first kappa shape index (κ1) is 14.5. The highest BCUT2D eigenvalue weighted by Crippen LogP contribution is 2.28. The maximum atomic E-state index is 12.1. The molecule has 2 heterocycles. The summed E-state index contributed by atoms with van der Waals surface area (Å²) >= 11 is 0. The molecule has 1 aliphatic carbocycles. The molecule has 0 spiro atoms. The van der Waals surface area contributed by atoms with E-state index in [2.05, 4.69) is 20.4 Å². The van der Waals surface area contributed by atoms with Gasteiger partial charge in [0.1, 0.15) is 6.54 Å². The highest BCUT2D eigenvalue weighted by atomic mass is 16.2. The molecule has 0 radical (unpaired) electrons. The van der Waals surface area contributed by atoms with Crippen LogP contribution in [-0.2, 0) is 17.8 Å². The van der Waals surface area contributed by atoms with E-state index in [9.17, 15) is 4.79 Å². The van der Waals surface area contributed by atoms with Gasteiger partial charge in [-0.3, -0.25) is 9.48 Å². The van der Waals surface area contributed by atoms with E-state index in [1.807, 2.05) is 25.2 Å². The molecule has 2 aromatic heterocycles. The highest BCUT2D eigenvalue weighted by Gasteiger charge is 2.24. The molecule has 1 amide bonds. The van der Waals surface area contributed by atoms with Crippen molar-refractivity contribution in [2.24, 2.45) is 0 Å². The minimum Gasteiger partial charge on any atom is -0.348 e. The maximum Gasteiger partial charge on any atom is 0.242 e. The second-order valence-corrected chi connectivity index (χ2v) is 5.68. The summed E-state index contributed by atoms with van der Waals surface area (Å²) < 4.78 is 1.62. The topological polar surface area (TPSA) is 75.9 Å². The minimum absolute atomic E-state index is 0.0111. The average Bonchev–Trinajstić information content (AvgIpc) is 2.99. The van der Waals surface area contributed by atoms with Gasteiger partial charge in [0.2, 0.25) is 11.9 Å². The standard InChI is InChI=1S/C15H20N6O/c1-20(2)15-16-9-11-12(5-3-6-13(11)19-15)18-14(22)10-21-8-4-7-17-21/h4,7-9,12H,3,5-6,10H2,1-2H3,(H,18,22)/t12-/m1/s1. The quantitative estimate of drug-likeness (QED) is 0.909. The van der Waals surface area contributed by atoms with Crippen LogP contribution in [0.5, 0.6) is 0 Å². The zero-order chi connectivity index (χ0) is 15.5. The van der Waals surface area contributed by atoms with Crippen LogP contribution in [0.1, 0.15) is 30.1 Å². The lowest BCUT2D eigenvalue weighted by atomic mass is 9.92. The zero-order valence-electron chi connectivity index (χ0n) is 12.9. The summed E-state index contributed by atoms with van der Waals surface area (Å²) in [6.07, 6.45) is 8.16. The van der Waals surface area contributed by atoms with E-state index in [1.54, 1.807) is 23.1 Å². The third-order valence-electron chi connectivity index (χ3n) is 3.77. The number of anilines is 1. The van der Waals surface area contributed by atoms with Crippen molar-refractivity contribution in [1.82, 2.24) is 25.1 Å². The van der Waals surface area contributed by atoms with Crippen molar-refractivity contribution < 1.29 is 4.79 Å².